The van der Waals surface area contributed by atoms with Crippen molar-refractivity contribution in [3.63, 3.8) is 0 Å². The first-order chi connectivity index (χ1) is 11.6. The van der Waals surface area contributed by atoms with Crippen LogP contribution in [0.15, 0.2) is 24.3 Å². The molecule has 3 rings (SSSR count). The van der Waals surface area contributed by atoms with E-state index in [2.05, 4.69) is 23.1 Å². The Labute approximate surface area is 144 Å². The molecule has 24 heavy (non-hydrogen) atoms. The maximum Gasteiger partial charge on any atom is 0.225 e. The Morgan fingerprint density at radius 2 is 2.04 bits per heavy atom. The summed E-state index contributed by atoms with van der Waals surface area (Å²) in [7, 11) is 1.92. The first kappa shape index (κ1) is 17.2. The minimum Gasteiger partial charge on any atom is -0.378 e. The highest BCUT2D eigenvalue weighted by molar-refractivity contribution is 5.79. The quantitative estimate of drug-likeness (QED) is 0.917. The fourth-order valence-electron chi connectivity index (χ4n) is 3.85. The van der Waals surface area contributed by atoms with Gasteiger partial charge in [0.1, 0.15) is 0 Å². The molecule has 5 nitrogen and oxygen atoms in total. The lowest BCUT2D eigenvalue weighted by Crippen LogP contribution is -2.39. The Kier molecular flexibility index (Phi) is 5.74. The second-order valence-corrected chi connectivity index (χ2v) is 7.05. The molecule has 132 valence electrons. The maximum absolute atomic E-state index is 12.8. The summed E-state index contributed by atoms with van der Waals surface area (Å²) in [6.45, 7) is 4.00. The summed E-state index contributed by atoms with van der Waals surface area (Å²) < 4.78 is 5.45. The standard InChI is InChI=1S/C19H29N3O2/c1-21(19(23)15-6-4-7-17(20)13-15)14-16-5-2-3-8-18(16)22-9-11-24-12-10-22/h2-3,5,8,15,17H,4,6-7,9-14,20H2,1H3/t15-,17+/m1/s1. The van der Waals surface area contributed by atoms with Crippen LogP contribution >= 0.6 is 0 Å². The molecule has 2 N–H and O–H groups in total. The third-order valence-corrected chi connectivity index (χ3v) is 5.19. The minimum atomic E-state index is 0.0919. The van der Waals surface area contributed by atoms with Crippen molar-refractivity contribution in [3.05, 3.63) is 29.8 Å². The molecule has 1 aromatic carbocycles. The van der Waals surface area contributed by atoms with Crippen molar-refractivity contribution in [2.24, 2.45) is 11.7 Å². The number of ether oxygens (including phenoxy) is 1. The molecule has 2 atom stereocenters. The zero-order valence-corrected chi connectivity index (χ0v) is 14.6. The van der Waals surface area contributed by atoms with E-state index in [1.165, 1.54) is 11.3 Å². The van der Waals surface area contributed by atoms with Crippen molar-refractivity contribution in [2.75, 3.05) is 38.3 Å². The molecule has 0 unspecified atom stereocenters. The number of morpholine rings is 1. The molecule has 1 heterocycles. The number of para-hydroxylation sites is 1. The van der Waals surface area contributed by atoms with E-state index in [1.54, 1.807) is 0 Å². The van der Waals surface area contributed by atoms with Gasteiger partial charge in [-0.1, -0.05) is 24.6 Å². The van der Waals surface area contributed by atoms with Gasteiger partial charge in [0.05, 0.1) is 13.2 Å². The van der Waals surface area contributed by atoms with Crippen LogP contribution in [0.1, 0.15) is 31.2 Å². The third-order valence-electron chi connectivity index (χ3n) is 5.19. The number of hydrogen-bond donors (Lipinski definition) is 1. The minimum absolute atomic E-state index is 0.0919. The molecule has 0 aromatic heterocycles. The highest BCUT2D eigenvalue weighted by Crippen LogP contribution is 2.27. The highest BCUT2D eigenvalue weighted by Gasteiger charge is 2.28. The summed E-state index contributed by atoms with van der Waals surface area (Å²) in [4.78, 5) is 17.0. The molecule has 1 amide bonds. The Morgan fingerprint density at radius 3 is 2.79 bits per heavy atom. The van der Waals surface area contributed by atoms with Gasteiger partial charge >= 0.3 is 0 Å². The fraction of sp³-hybridized carbons (Fsp3) is 0.632. The average molecular weight is 331 g/mol. The zero-order chi connectivity index (χ0) is 16.9. The van der Waals surface area contributed by atoms with Crippen molar-refractivity contribution >= 4 is 11.6 Å². The molecule has 1 aromatic rings. The maximum atomic E-state index is 12.8. The van der Waals surface area contributed by atoms with Gasteiger partial charge < -0.3 is 20.3 Å². The van der Waals surface area contributed by atoms with Crippen LogP contribution in [-0.2, 0) is 16.1 Å². The van der Waals surface area contributed by atoms with Gasteiger partial charge in [-0.05, 0) is 30.9 Å². The molecule has 2 fully saturated rings. The van der Waals surface area contributed by atoms with Crippen LogP contribution in [0.5, 0.6) is 0 Å². The number of benzene rings is 1. The Hall–Kier alpha value is -1.59. The lowest BCUT2D eigenvalue weighted by molar-refractivity contribution is -0.135. The third kappa shape index (κ3) is 4.08. The molecule has 0 radical (unpaired) electrons. The predicted molar refractivity (Wildman–Crippen MR) is 95.9 cm³/mol. The fourth-order valence-corrected chi connectivity index (χ4v) is 3.85. The van der Waals surface area contributed by atoms with Gasteiger partial charge in [-0.3, -0.25) is 4.79 Å². The molecule has 5 heteroatoms. The lowest BCUT2D eigenvalue weighted by atomic mass is 9.85. The van der Waals surface area contributed by atoms with Crippen molar-refractivity contribution in [2.45, 2.75) is 38.3 Å². The van der Waals surface area contributed by atoms with Gasteiger partial charge in [0.2, 0.25) is 5.91 Å². The number of anilines is 1. The Morgan fingerprint density at radius 1 is 1.29 bits per heavy atom. The van der Waals surface area contributed by atoms with Gasteiger partial charge in [-0.25, -0.2) is 0 Å². The van der Waals surface area contributed by atoms with Crippen molar-refractivity contribution in [3.8, 4) is 0 Å². The van der Waals surface area contributed by atoms with Gasteiger partial charge in [0.25, 0.3) is 0 Å². The number of nitrogens with zero attached hydrogens (tertiary/aromatic N) is 2. The van der Waals surface area contributed by atoms with Crippen LogP contribution in [0.3, 0.4) is 0 Å². The number of hydrogen-bond acceptors (Lipinski definition) is 4. The van der Waals surface area contributed by atoms with Crippen molar-refractivity contribution in [1.82, 2.24) is 4.90 Å². The van der Waals surface area contributed by atoms with Crippen LogP contribution in [0.4, 0.5) is 5.69 Å². The average Bonchev–Trinajstić information content (AvgIpc) is 2.62. The first-order valence-electron chi connectivity index (χ1n) is 9.06. The van der Waals surface area contributed by atoms with Gasteiger partial charge in [-0.2, -0.15) is 0 Å². The number of carbonyl (C=O) groups is 1. The molecule has 1 aliphatic heterocycles. The first-order valence-corrected chi connectivity index (χ1v) is 9.06. The molecule has 1 saturated heterocycles. The summed E-state index contributed by atoms with van der Waals surface area (Å²) in [6.07, 6.45) is 3.92. The lowest BCUT2D eigenvalue weighted by Gasteiger charge is -2.33. The van der Waals surface area contributed by atoms with Crippen LogP contribution in [0.2, 0.25) is 0 Å². The van der Waals surface area contributed by atoms with Gasteiger partial charge in [0.15, 0.2) is 0 Å². The summed E-state index contributed by atoms with van der Waals surface area (Å²) in [5.41, 5.74) is 8.48. The topological polar surface area (TPSA) is 58.8 Å². The van der Waals surface area contributed by atoms with Crippen LogP contribution in [0.25, 0.3) is 0 Å². The summed E-state index contributed by atoms with van der Waals surface area (Å²) in [5, 5.41) is 0. The number of nitrogens with two attached hydrogens (primary N) is 1. The Balaban J connectivity index is 1.67. The number of carbonyl (C=O) groups excluding carboxylic acids is 1. The van der Waals surface area contributed by atoms with Crippen LogP contribution in [0, 0.1) is 5.92 Å². The second-order valence-electron chi connectivity index (χ2n) is 7.05. The van der Waals surface area contributed by atoms with E-state index in [0.717, 1.165) is 52.0 Å². The van der Waals surface area contributed by atoms with E-state index in [4.69, 9.17) is 10.5 Å². The van der Waals surface area contributed by atoms with E-state index in [1.807, 2.05) is 18.0 Å². The molecule has 1 aliphatic carbocycles. The molecule has 2 aliphatic rings. The van der Waals surface area contributed by atoms with E-state index in [9.17, 15) is 4.79 Å². The van der Waals surface area contributed by atoms with E-state index >= 15 is 0 Å². The van der Waals surface area contributed by atoms with Crippen molar-refractivity contribution < 1.29 is 9.53 Å². The number of rotatable bonds is 4. The number of amides is 1. The van der Waals surface area contributed by atoms with Gasteiger partial charge in [-0.15, -0.1) is 0 Å². The summed E-state index contributed by atoms with van der Waals surface area (Å²) >= 11 is 0. The molecular formula is C19H29N3O2. The summed E-state index contributed by atoms with van der Waals surface area (Å²) in [6, 6.07) is 8.57. The van der Waals surface area contributed by atoms with Gasteiger partial charge in [0, 0.05) is 44.3 Å². The summed E-state index contributed by atoms with van der Waals surface area (Å²) in [5.74, 6) is 0.330. The molecule has 0 spiro atoms. The highest BCUT2D eigenvalue weighted by atomic mass is 16.5. The zero-order valence-electron chi connectivity index (χ0n) is 14.6. The van der Waals surface area contributed by atoms with E-state index in [-0.39, 0.29) is 17.9 Å². The normalized spacial score (nSPS) is 24.7. The molecular weight excluding hydrogens is 302 g/mol. The SMILES string of the molecule is CN(Cc1ccccc1N1CCOCC1)C(=O)[C@@H]1CCC[C@H](N)C1. The second kappa shape index (κ2) is 7.99. The van der Waals surface area contributed by atoms with Crippen LogP contribution in [-0.4, -0.2) is 50.2 Å². The van der Waals surface area contributed by atoms with E-state index in [0.29, 0.717) is 6.54 Å². The monoisotopic (exact) mass is 331 g/mol. The molecule has 0 bridgehead atoms. The largest absolute Gasteiger partial charge is 0.378 e. The van der Waals surface area contributed by atoms with Crippen LogP contribution < -0.4 is 10.6 Å². The van der Waals surface area contributed by atoms with E-state index < -0.39 is 0 Å². The predicted octanol–water partition coefficient (Wildman–Crippen LogP) is 2.00. The molecule has 1 saturated carbocycles. The smallest absolute Gasteiger partial charge is 0.225 e. The Bertz CT molecular complexity index is 557. The van der Waals surface area contributed by atoms with Crippen molar-refractivity contribution in [1.29, 1.82) is 0 Å².